The Bertz CT molecular complexity index is 922. The highest BCUT2D eigenvalue weighted by atomic mass is 32.2. The molecule has 1 aliphatic heterocycles. The Kier molecular flexibility index (Phi) is 5.20. The van der Waals surface area contributed by atoms with Gasteiger partial charge in [0.1, 0.15) is 5.82 Å². The van der Waals surface area contributed by atoms with Crippen LogP contribution < -0.4 is 10.2 Å². The predicted octanol–water partition coefficient (Wildman–Crippen LogP) is 4.58. The number of halogens is 1. The first kappa shape index (κ1) is 18.3. The van der Waals surface area contributed by atoms with Crippen molar-refractivity contribution in [3.8, 4) is 0 Å². The van der Waals surface area contributed by atoms with Crippen molar-refractivity contribution in [3.05, 3.63) is 64.8 Å². The molecule has 7 heteroatoms. The number of carbonyl (C=O) groups excluding carboxylic acids is 2. The van der Waals surface area contributed by atoms with Gasteiger partial charge < -0.3 is 5.32 Å². The molecule has 2 aromatic rings. The normalized spacial score (nSPS) is 16.0. The van der Waals surface area contributed by atoms with Gasteiger partial charge in [0.25, 0.3) is 5.91 Å². The van der Waals surface area contributed by atoms with Crippen LogP contribution in [0.2, 0.25) is 0 Å². The third-order valence-corrected chi connectivity index (χ3v) is 5.31. The molecule has 1 N–H and O–H groups in total. The summed E-state index contributed by atoms with van der Waals surface area (Å²) in [5.41, 5.74) is 2.79. The standard InChI is InChI=1S/C19H15FN2O2S2/c1-11(13-3-5-14(20)6-4-13)17-18(24)22(19(25)26-17)16-9-7-15(8-10-16)21-12(2)23/h3-10H,1-2H3,(H,21,23)/b17-11-. The zero-order valence-electron chi connectivity index (χ0n) is 14.1. The number of thioether (sulfide) groups is 1. The first-order valence-electron chi connectivity index (χ1n) is 7.77. The summed E-state index contributed by atoms with van der Waals surface area (Å²) in [6, 6.07) is 12.9. The van der Waals surface area contributed by atoms with Crippen molar-refractivity contribution >= 4 is 57.1 Å². The van der Waals surface area contributed by atoms with Gasteiger partial charge in [0.15, 0.2) is 4.32 Å². The fraction of sp³-hybridized carbons (Fsp3) is 0.105. The number of carbonyl (C=O) groups is 2. The summed E-state index contributed by atoms with van der Waals surface area (Å²) in [5.74, 6) is -0.705. The maximum absolute atomic E-state index is 13.1. The molecule has 3 rings (SSSR count). The van der Waals surface area contributed by atoms with E-state index in [0.717, 1.165) is 11.1 Å². The lowest BCUT2D eigenvalue weighted by atomic mass is 10.1. The predicted molar refractivity (Wildman–Crippen MR) is 107 cm³/mol. The van der Waals surface area contributed by atoms with Crippen LogP contribution >= 0.6 is 24.0 Å². The first-order chi connectivity index (χ1) is 12.4. The number of nitrogens with one attached hydrogen (secondary N) is 1. The van der Waals surface area contributed by atoms with Crippen LogP contribution in [0.4, 0.5) is 15.8 Å². The Balaban J connectivity index is 1.90. The zero-order chi connectivity index (χ0) is 18.8. The molecule has 0 aliphatic carbocycles. The van der Waals surface area contributed by atoms with Crippen LogP contribution in [-0.4, -0.2) is 16.1 Å². The van der Waals surface area contributed by atoms with Gasteiger partial charge in [0, 0.05) is 12.6 Å². The van der Waals surface area contributed by atoms with Gasteiger partial charge in [-0.3, -0.25) is 14.5 Å². The van der Waals surface area contributed by atoms with Gasteiger partial charge in [-0.25, -0.2) is 4.39 Å². The number of thiocarbonyl (C=S) groups is 1. The summed E-state index contributed by atoms with van der Waals surface area (Å²) in [7, 11) is 0. The molecule has 0 radical (unpaired) electrons. The van der Waals surface area contributed by atoms with Crippen LogP contribution in [-0.2, 0) is 9.59 Å². The zero-order valence-corrected chi connectivity index (χ0v) is 15.7. The summed E-state index contributed by atoms with van der Waals surface area (Å²) >= 11 is 6.60. The average Bonchev–Trinajstić information content (AvgIpc) is 2.90. The lowest BCUT2D eigenvalue weighted by molar-refractivity contribution is -0.114. The Morgan fingerprint density at radius 3 is 2.27 bits per heavy atom. The molecular formula is C19H15FN2O2S2. The summed E-state index contributed by atoms with van der Waals surface area (Å²) < 4.78 is 13.5. The molecule has 0 spiro atoms. The number of nitrogens with zero attached hydrogens (tertiary/aromatic N) is 1. The maximum atomic E-state index is 13.1. The minimum atomic E-state index is -0.326. The Labute approximate surface area is 160 Å². The van der Waals surface area contributed by atoms with Crippen LogP contribution in [0.3, 0.4) is 0 Å². The van der Waals surface area contributed by atoms with Crippen molar-refractivity contribution in [2.45, 2.75) is 13.8 Å². The van der Waals surface area contributed by atoms with Crippen molar-refractivity contribution in [2.75, 3.05) is 10.2 Å². The van der Waals surface area contributed by atoms with E-state index in [0.29, 0.717) is 20.6 Å². The summed E-state index contributed by atoms with van der Waals surface area (Å²) in [6.07, 6.45) is 0. The molecule has 26 heavy (non-hydrogen) atoms. The molecule has 0 unspecified atom stereocenters. The van der Waals surface area contributed by atoms with E-state index in [1.54, 1.807) is 36.4 Å². The molecule has 1 fully saturated rings. The minimum absolute atomic E-state index is 0.166. The second kappa shape index (κ2) is 7.39. The lowest BCUT2D eigenvalue weighted by Crippen LogP contribution is -2.27. The average molecular weight is 386 g/mol. The topological polar surface area (TPSA) is 49.4 Å². The number of hydrogen-bond acceptors (Lipinski definition) is 4. The number of allylic oxidation sites excluding steroid dienone is 1. The molecule has 0 aromatic heterocycles. The van der Waals surface area contributed by atoms with Crippen molar-refractivity contribution < 1.29 is 14.0 Å². The molecule has 2 aromatic carbocycles. The van der Waals surface area contributed by atoms with Gasteiger partial charge in [-0.1, -0.05) is 36.1 Å². The molecule has 1 saturated heterocycles. The van der Waals surface area contributed by atoms with Crippen LogP contribution in [0, 0.1) is 5.82 Å². The van der Waals surface area contributed by atoms with Crippen molar-refractivity contribution in [3.63, 3.8) is 0 Å². The summed E-state index contributed by atoms with van der Waals surface area (Å²) in [5, 5.41) is 2.68. The SMILES string of the molecule is CC(=O)Nc1ccc(N2C(=O)/C(=C(\C)c3ccc(F)cc3)SC2=S)cc1. The molecule has 0 bridgehead atoms. The largest absolute Gasteiger partial charge is 0.326 e. The summed E-state index contributed by atoms with van der Waals surface area (Å²) in [4.78, 5) is 26.0. The molecular weight excluding hydrogens is 371 g/mol. The van der Waals surface area contributed by atoms with Gasteiger partial charge >= 0.3 is 0 Å². The number of hydrogen-bond donors (Lipinski definition) is 1. The number of benzene rings is 2. The van der Waals surface area contributed by atoms with E-state index < -0.39 is 0 Å². The Hall–Kier alpha value is -2.51. The number of rotatable bonds is 3. The second-order valence-electron chi connectivity index (χ2n) is 5.70. The van der Waals surface area contributed by atoms with Crippen molar-refractivity contribution in [1.29, 1.82) is 0 Å². The first-order valence-corrected chi connectivity index (χ1v) is 9.00. The number of anilines is 2. The van der Waals surface area contributed by atoms with Crippen LogP contribution in [0.25, 0.3) is 5.57 Å². The fourth-order valence-corrected chi connectivity index (χ4v) is 3.89. The van der Waals surface area contributed by atoms with E-state index in [1.165, 1.54) is 35.7 Å². The Morgan fingerprint density at radius 2 is 1.69 bits per heavy atom. The van der Waals surface area contributed by atoms with Gasteiger partial charge in [0.05, 0.1) is 10.6 Å². The second-order valence-corrected chi connectivity index (χ2v) is 7.34. The smallest absolute Gasteiger partial charge is 0.271 e. The van der Waals surface area contributed by atoms with E-state index in [1.807, 2.05) is 6.92 Å². The quantitative estimate of drug-likeness (QED) is 0.620. The van der Waals surface area contributed by atoms with Gasteiger partial charge in [-0.2, -0.15) is 0 Å². The molecule has 132 valence electrons. The van der Waals surface area contributed by atoms with Crippen LogP contribution in [0.1, 0.15) is 19.4 Å². The molecule has 1 aliphatic rings. The van der Waals surface area contributed by atoms with Crippen molar-refractivity contribution in [2.24, 2.45) is 0 Å². The highest BCUT2D eigenvalue weighted by Gasteiger charge is 2.34. The monoisotopic (exact) mass is 386 g/mol. The third-order valence-electron chi connectivity index (χ3n) is 3.83. The molecule has 1 heterocycles. The lowest BCUT2D eigenvalue weighted by Gasteiger charge is -2.15. The van der Waals surface area contributed by atoms with Gasteiger partial charge in [-0.05, 0) is 54.5 Å². The molecule has 0 saturated carbocycles. The fourth-order valence-electron chi connectivity index (χ4n) is 2.55. The minimum Gasteiger partial charge on any atom is -0.326 e. The molecule has 4 nitrogen and oxygen atoms in total. The Morgan fingerprint density at radius 1 is 1.08 bits per heavy atom. The van der Waals surface area contributed by atoms with Gasteiger partial charge in [0.2, 0.25) is 5.91 Å². The number of amides is 2. The third kappa shape index (κ3) is 3.68. The van der Waals surface area contributed by atoms with E-state index in [-0.39, 0.29) is 17.6 Å². The molecule has 0 atom stereocenters. The van der Waals surface area contributed by atoms with E-state index in [4.69, 9.17) is 12.2 Å². The van der Waals surface area contributed by atoms with Gasteiger partial charge in [-0.15, -0.1) is 0 Å². The highest BCUT2D eigenvalue weighted by molar-refractivity contribution is 8.27. The highest BCUT2D eigenvalue weighted by Crippen LogP contribution is 2.39. The summed E-state index contributed by atoms with van der Waals surface area (Å²) in [6.45, 7) is 3.25. The van der Waals surface area contributed by atoms with Crippen molar-refractivity contribution in [1.82, 2.24) is 0 Å². The maximum Gasteiger partial charge on any atom is 0.271 e. The van der Waals surface area contributed by atoms with E-state index in [2.05, 4.69) is 5.32 Å². The van der Waals surface area contributed by atoms with Crippen LogP contribution in [0.15, 0.2) is 53.4 Å². The van der Waals surface area contributed by atoms with E-state index in [9.17, 15) is 14.0 Å². The molecule has 2 amide bonds. The van der Waals surface area contributed by atoms with Crippen LogP contribution in [0.5, 0.6) is 0 Å². The van der Waals surface area contributed by atoms with E-state index >= 15 is 0 Å².